The first-order valence-corrected chi connectivity index (χ1v) is 6.37. The van der Waals surface area contributed by atoms with Crippen molar-refractivity contribution in [1.29, 1.82) is 0 Å². The van der Waals surface area contributed by atoms with E-state index in [2.05, 4.69) is 5.10 Å². The Balaban J connectivity index is 3.17. The Kier molecular flexibility index (Phi) is 4.93. The lowest BCUT2D eigenvalue weighted by Crippen LogP contribution is -2.13. The summed E-state index contributed by atoms with van der Waals surface area (Å²) in [5.41, 5.74) is 1.44. The lowest BCUT2D eigenvalue weighted by Gasteiger charge is -2.09. The number of alkyl halides is 1. The Bertz CT molecular complexity index is 404. The number of aromatic nitrogens is 2. The summed E-state index contributed by atoms with van der Waals surface area (Å²) in [5, 5.41) is 15.4. The molecule has 1 atom stereocenters. The molecule has 1 rings (SSSR count). The first kappa shape index (κ1) is 14.0. The van der Waals surface area contributed by atoms with E-state index in [-0.39, 0.29) is 16.5 Å². The maximum Gasteiger partial charge on any atom is 0.313 e. The molecule has 0 aliphatic heterocycles. The van der Waals surface area contributed by atoms with E-state index in [0.717, 1.165) is 0 Å². The molecule has 0 aromatic carbocycles. The molecule has 0 bridgehead atoms. The zero-order valence-corrected chi connectivity index (χ0v) is 11.2. The predicted molar refractivity (Wildman–Crippen MR) is 67.5 cm³/mol. The molecule has 96 valence electrons. The van der Waals surface area contributed by atoms with Gasteiger partial charge in [0.05, 0.1) is 4.92 Å². The molecular weight excluding hydrogens is 242 g/mol. The molecule has 0 aliphatic rings. The van der Waals surface area contributed by atoms with E-state index in [9.17, 15) is 10.1 Å². The van der Waals surface area contributed by atoms with Crippen LogP contribution in [-0.4, -0.2) is 20.6 Å². The Morgan fingerprint density at radius 1 is 1.47 bits per heavy atom. The summed E-state index contributed by atoms with van der Waals surface area (Å²) in [5.74, 6) is 0.782. The van der Waals surface area contributed by atoms with E-state index in [1.54, 1.807) is 4.68 Å². The van der Waals surface area contributed by atoms with Crippen LogP contribution in [-0.2, 0) is 19.4 Å². The van der Waals surface area contributed by atoms with Crippen molar-refractivity contribution in [2.45, 2.75) is 40.2 Å². The highest BCUT2D eigenvalue weighted by Crippen LogP contribution is 2.25. The van der Waals surface area contributed by atoms with E-state index in [1.807, 2.05) is 20.8 Å². The molecule has 1 aromatic rings. The van der Waals surface area contributed by atoms with Gasteiger partial charge in [0.25, 0.3) is 0 Å². The lowest BCUT2D eigenvalue weighted by atomic mass is 10.2. The molecule has 6 heteroatoms. The first-order valence-electron chi connectivity index (χ1n) is 5.83. The van der Waals surface area contributed by atoms with Crippen molar-refractivity contribution < 1.29 is 4.92 Å². The molecule has 0 spiro atoms. The van der Waals surface area contributed by atoms with Gasteiger partial charge in [-0.1, -0.05) is 20.8 Å². The normalized spacial score (nSPS) is 12.7. The molecule has 0 N–H and O–H groups in total. The molecule has 1 unspecified atom stereocenters. The summed E-state index contributed by atoms with van der Waals surface area (Å²) in [6.07, 6.45) is 1.18. The predicted octanol–water partition coefficient (Wildman–Crippen LogP) is 2.79. The second-order valence-electron chi connectivity index (χ2n) is 4.15. The van der Waals surface area contributed by atoms with Gasteiger partial charge in [0.2, 0.25) is 0 Å². The van der Waals surface area contributed by atoms with Gasteiger partial charge in [-0.05, 0) is 18.8 Å². The van der Waals surface area contributed by atoms with E-state index < -0.39 is 0 Å². The highest BCUT2D eigenvalue weighted by Gasteiger charge is 2.25. The summed E-state index contributed by atoms with van der Waals surface area (Å²) >= 11 is 5.77. The van der Waals surface area contributed by atoms with E-state index >= 15 is 0 Å². The third kappa shape index (κ3) is 2.97. The SMILES string of the molecule is CCc1nn(CC(C)CCl)c(CC)c1[N+](=O)[O-]. The Morgan fingerprint density at radius 2 is 2.12 bits per heavy atom. The van der Waals surface area contributed by atoms with Crippen LogP contribution in [0.3, 0.4) is 0 Å². The fourth-order valence-electron chi connectivity index (χ4n) is 1.84. The minimum absolute atomic E-state index is 0.178. The van der Waals surface area contributed by atoms with Crippen LogP contribution in [0.4, 0.5) is 5.69 Å². The average molecular weight is 260 g/mol. The maximum atomic E-state index is 11.1. The third-order valence-corrected chi connectivity index (χ3v) is 3.23. The monoisotopic (exact) mass is 259 g/mol. The van der Waals surface area contributed by atoms with Crippen molar-refractivity contribution in [3.8, 4) is 0 Å². The summed E-state index contributed by atoms with van der Waals surface area (Å²) in [4.78, 5) is 10.7. The average Bonchev–Trinajstić information content (AvgIpc) is 2.66. The van der Waals surface area contributed by atoms with E-state index in [1.165, 1.54) is 0 Å². The second kappa shape index (κ2) is 6.00. The number of rotatable bonds is 6. The quantitative estimate of drug-likeness (QED) is 0.448. The van der Waals surface area contributed by atoms with Crippen LogP contribution in [0.2, 0.25) is 0 Å². The van der Waals surface area contributed by atoms with Crippen molar-refractivity contribution in [1.82, 2.24) is 9.78 Å². The number of aryl methyl sites for hydroxylation is 1. The summed E-state index contributed by atoms with van der Waals surface area (Å²) in [7, 11) is 0. The van der Waals surface area contributed by atoms with E-state index in [0.29, 0.717) is 36.7 Å². The second-order valence-corrected chi connectivity index (χ2v) is 4.46. The van der Waals surface area contributed by atoms with Crippen LogP contribution in [0.15, 0.2) is 0 Å². The van der Waals surface area contributed by atoms with Crippen LogP contribution in [0.25, 0.3) is 0 Å². The topological polar surface area (TPSA) is 61.0 Å². The van der Waals surface area contributed by atoms with Gasteiger partial charge in [-0.15, -0.1) is 11.6 Å². The van der Waals surface area contributed by atoms with Crippen LogP contribution >= 0.6 is 11.6 Å². The van der Waals surface area contributed by atoms with Crippen LogP contribution in [0, 0.1) is 16.0 Å². The Morgan fingerprint density at radius 3 is 2.53 bits per heavy atom. The summed E-state index contributed by atoms with van der Waals surface area (Å²) < 4.78 is 1.74. The van der Waals surface area contributed by atoms with Crippen LogP contribution < -0.4 is 0 Å². The largest absolute Gasteiger partial charge is 0.313 e. The molecule has 0 saturated carbocycles. The van der Waals surface area contributed by atoms with Crippen molar-refractivity contribution in [3.05, 3.63) is 21.5 Å². The minimum atomic E-state index is -0.327. The van der Waals surface area contributed by atoms with Crippen LogP contribution in [0.5, 0.6) is 0 Å². The van der Waals surface area contributed by atoms with Crippen LogP contribution in [0.1, 0.15) is 32.2 Å². The van der Waals surface area contributed by atoms with E-state index in [4.69, 9.17) is 11.6 Å². The molecule has 1 aromatic heterocycles. The molecule has 0 fully saturated rings. The van der Waals surface area contributed by atoms with Gasteiger partial charge in [0, 0.05) is 12.4 Å². The number of nitro groups is 1. The molecule has 0 radical (unpaired) electrons. The molecule has 0 aliphatic carbocycles. The van der Waals surface area contributed by atoms with Crippen molar-refractivity contribution in [2.75, 3.05) is 5.88 Å². The highest BCUT2D eigenvalue weighted by atomic mass is 35.5. The molecule has 17 heavy (non-hydrogen) atoms. The molecule has 0 saturated heterocycles. The number of hydrogen-bond donors (Lipinski definition) is 0. The third-order valence-electron chi connectivity index (χ3n) is 2.70. The zero-order chi connectivity index (χ0) is 13.0. The fraction of sp³-hybridized carbons (Fsp3) is 0.727. The number of hydrogen-bond acceptors (Lipinski definition) is 3. The van der Waals surface area contributed by atoms with Gasteiger partial charge in [-0.2, -0.15) is 5.10 Å². The minimum Gasteiger partial charge on any atom is -0.262 e. The van der Waals surface area contributed by atoms with Gasteiger partial charge in [-0.3, -0.25) is 14.8 Å². The van der Waals surface area contributed by atoms with Crippen molar-refractivity contribution >= 4 is 17.3 Å². The summed E-state index contributed by atoms with van der Waals surface area (Å²) in [6.45, 7) is 6.43. The molecule has 5 nitrogen and oxygen atoms in total. The molecule has 0 amide bonds. The van der Waals surface area contributed by atoms with Gasteiger partial charge in [-0.25, -0.2) is 0 Å². The highest BCUT2D eigenvalue weighted by molar-refractivity contribution is 6.18. The smallest absolute Gasteiger partial charge is 0.262 e. The fourth-order valence-corrected chi connectivity index (χ4v) is 1.93. The lowest BCUT2D eigenvalue weighted by molar-refractivity contribution is -0.386. The van der Waals surface area contributed by atoms with Crippen molar-refractivity contribution in [3.63, 3.8) is 0 Å². The Labute approximate surface area is 106 Å². The maximum absolute atomic E-state index is 11.1. The summed E-state index contributed by atoms with van der Waals surface area (Å²) in [6, 6.07) is 0. The first-order chi connectivity index (χ1) is 8.04. The Hall–Kier alpha value is -1.10. The van der Waals surface area contributed by atoms with Gasteiger partial charge >= 0.3 is 5.69 Å². The van der Waals surface area contributed by atoms with Crippen molar-refractivity contribution in [2.24, 2.45) is 5.92 Å². The molecule has 1 heterocycles. The molecular formula is C11H18ClN3O2. The van der Waals surface area contributed by atoms with Gasteiger partial charge < -0.3 is 0 Å². The number of halogens is 1. The van der Waals surface area contributed by atoms with Gasteiger partial charge in [0.1, 0.15) is 11.4 Å². The van der Waals surface area contributed by atoms with Gasteiger partial charge in [0.15, 0.2) is 0 Å². The standard InChI is InChI=1S/C11H18ClN3O2/c1-4-9-11(15(16)17)10(5-2)14(13-9)7-8(3)6-12/h8H,4-7H2,1-3H3. The zero-order valence-electron chi connectivity index (χ0n) is 10.4. The number of nitrogens with zero attached hydrogens (tertiary/aromatic N) is 3.